The lowest BCUT2D eigenvalue weighted by Crippen LogP contribution is -2.06. The van der Waals surface area contributed by atoms with Crippen LogP contribution in [-0.4, -0.2) is 5.33 Å². The Hall–Kier alpha value is 0.220. The van der Waals surface area contributed by atoms with Gasteiger partial charge in [-0.3, -0.25) is 0 Å². The third kappa shape index (κ3) is 3.30. The van der Waals surface area contributed by atoms with Crippen molar-refractivity contribution in [2.45, 2.75) is 38.5 Å². The van der Waals surface area contributed by atoms with Gasteiger partial charge in [-0.25, -0.2) is 0 Å². The second-order valence-corrected chi connectivity index (χ2v) is 4.58. The monoisotopic (exact) mass is 230 g/mol. The van der Waals surface area contributed by atoms with E-state index in [0.717, 1.165) is 17.2 Å². The van der Waals surface area contributed by atoms with Crippen molar-refractivity contribution < 1.29 is 0 Å². The van der Waals surface area contributed by atoms with E-state index >= 15 is 0 Å². The van der Waals surface area contributed by atoms with E-state index in [9.17, 15) is 0 Å². The fourth-order valence-electron chi connectivity index (χ4n) is 2.18. The highest BCUT2D eigenvalue weighted by Gasteiger charge is 2.18. The van der Waals surface area contributed by atoms with Crippen molar-refractivity contribution >= 4 is 15.9 Å². The van der Waals surface area contributed by atoms with Crippen molar-refractivity contribution in [1.82, 2.24) is 0 Å². The molecule has 1 unspecified atom stereocenters. The molecule has 1 heteroatoms. The summed E-state index contributed by atoms with van der Waals surface area (Å²) in [5.74, 6) is 1.86. The number of rotatable bonds is 5. The second-order valence-electron chi connectivity index (χ2n) is 3.93. The highest BCUT2D eigenvalue weighted by atomic mass is 79.9. The van der Waals surface area contributed by atoms with Crippen molar-refractivity contribution in [2.75, 3.05) is 5.33 Å². The Balaban J connectivity index is 2.20. The summed E-state index contributed by atoms with van der Waals surface area (Å²) in [4.78, 5) is 0. The average Bonchev–Trinajstić information content (AvgIpc) is 2.56. The molecule has 0 aliphatic heterocycles. The average molecular weight is 231 g/mol. The molecule has 1 fully saturated rings. The van der Waals surface area contributed by atoms with Gasteiger partial charge in [-0.05, 0) is 24.7 Å². The van der Waals surface area contributed by atoms with Gasteiger partial charge in [0.1, 0.15) is 0 Å². The predicted octanol–water partition coefficient (Wildman–Crippen LogP) is 4.15. The van der Waals surface area contributed by atoms with E-state index in [-0.39, 0.29) is 0 Å². The molecule has 0 saturated heterocycles. The molecule has 1 aliphatic carbocycles. The minimum absolute atomic E-state index is 0.839. The summed E-state index contributed by atoms with van der Waals surface area (Å²) in [6, 6.07) is 0. The first-order chi connectivity index (χ1) is 5.86. The molecule has 12 heavy (non-hydrogen) atoms. The van der Waals surface area contributed by atoms with Crippen LogP contribution in [0.3, 0.4) is 0 Å². The summed E-state index contributed by atoms with van der Waals surface area (Å²) < 4.78 is 0. The molecule has 0 amide bonds. The maximum atomic E-state index is 3.80. The summed E-state index contributed by atoms with van der Waals surface area (Å²) in [5.41, 5.74) is 0. The zero-order valence-electron chi connectivity index (χ0n) is 7.77. The summed E-state index contributed by atoms with van der Waals surface area (Å²) in [6.07, 6.45) is 10.5. The molecule has 0 nitrogen and oxygen atoms in total. The lowest BCUT2D eigenvalue weighted by molar-refractivity contribution is 0.406. The fourth-order valence-corrected chi connectivity index (χ4v) is 2.70. The van der Waals surface area contributed by atoms with Gasteiger partial charge in [-0.15, -0.1) is 6.58 Å². The Bertz CT molecular complexity index is 125. The molecule has 0 aromatic heterocycles. The van der Waals surface area contributed by atoms with Crippen LogP contribution in [0.2, 0.25) is 0 Å². The first kappa shape index (κ1) is 10.3. The van der Waals surface area contributed by atoms with E-state index in [0.29, 0.717) is 0 Å². The standard InChI is InChI=1S/C11H19Br/c1-2-5-11(9-12)8-10-6-3-4-7-10/h2,10-11H,1,3-9H2. The predicted molar refractivity (Wildman–Crippen MR) is 58.7 cm³/mol. The number of halogens is 1. The van der Waals surface area contributed by atoms with Gasteiger partial charge in [0.25, 0.3) is 0 Å². The van der Waals surface area contributed by atoms with E-state index in [1.54, 1.807) is 0 Å². The highest BCUT2D eigenvalue weighted by molar-refractivity contribution is 9.09. The van der Waals surface area contributed by atoms with Crippen LogP contribution in [0.15, 0.2) is 12.7 Å². The molecule has 70 valence electrons. The molecule has 1 aliphatic rings. The number of hydrogen-bond acceptors (Lipinski definition) is 0. The topological polar surface area (TPSA) is 0 Å². The molecule has 0 radical (unpaired) electrons. The van der Waals surface area contributed by atoms with E-state index in [1.165, 1.54) is 38.5 Å². The van der Waals surface area contributed by atoms with E-state index < -0.39 is 0 Å². The first-order valence-electron chi connectivity index (χ1n) is 5.03. The molecule has 0 aromatic carbocycles. The van der Waals surface area contributed by atoms with Crippen LogP contribution < -0.4 is 0 Å². The third-order valence-corrected chi connectivity index (χ3v) is 3.78. The first-order valence-corrected chi connectivity index (χ1v) is 6.15. The fraction of sp³-hybridized carbons (Fsp3) is 0.818. The van der Waals surface area contributed by atoms with Gasteiger partial charge < -0.3 is 0 Å². The highest BCUT2D eigenvalue weighted by Crippen LogP contribution is 2.31. The number of allylic oxidation sites excluding steroid dienone is 1. The van der Waals surface area contributed by atoms with Crippen LogP contribution in [0, 0.1) is 11.8 Å². The van der Waals surface area contributed by atoms with Crippen LogP contribution in [0.25, 0.3) is 0 Å². The minimum atomic E-state index is 0.839. The zero-order chi connectivity index (χ0) is 8.81. The van der Waals surface area contributed by atoms with Gasteiger partial charge in [0.2, 0.25) is 0 Å². The molecule has 1 atom stereocenters. The smallest absolute Gasteiger partial charge is 0.00627 e. The lowest BCUT2D eigenvalue weighted by atomic mass is 9.92. The normalized spacial score (nSPS) is 21.1. The summed E-state index contributed by atoms with van der Waals surface area (Å²) in [7, 11) is 0. The van der Waals surface area contributed by atoms with Crippen LogP contribution >= 0.6 is 15.9 Å². The van der Waals surface area contributed by atoms with E-state index in [2.05, 4.69) is 28.6 Å². The molecule has 1 saturated carbocycles. The maximum Gasteiger partial charge on any atom is 0.00627 e. The largest absolute Gasteiger partial charge is 0.103 e. The number of alkyl halides is 1. The van der Waals surface area contributed by atoms with Crippen molar-refractivity contribution in [3.63, 3.8) is 0 Å². The van der Waals surface area contributed by atoms with Crippen molar-refractivity contribution in [2.24, 2.45) is 11.8 Å². The molecular weight excluding hydrogens is 212 g/mol. The Morgan fingerprint density at radius 1 is 1.42 bits per heavy atom. The molecule has 1 rings (SSSR count). The molecule has 0 aromatic rings. The van der Waals surface area contributed by atoms with Crippen LogP contribution in [0.5, 0.6) is 0 Å². The minimum Gasteiger partial charge on any atom is -0.103 e. The summed E-state index contributed by atoms with van der Waals surface area (Å²) in [5, 5.41) is 1.15. The van der Waals surface area contributed by atoms with Crippen molar-refractivity contribution in [3.8, 4) is 0 Å². The quantitative estimate of drug-likeness (QED) is 0.492. The van der Waals surface area contributed by atoms with Gasteiger partial charge in [-0.1, -0.05) is 47.7 Å². The molecule has 0 spiro atoms. The SMILES string of the molecule is C=CCC(CBr)CC1CCCC1. The van der Waals surface area contributed by atoms with Gasteiger partial charge in [-0.2, -0.15) is 0 Å². The second kappa shape index (κ2) is 5.80. The van der Waals surface area contributed by atoms with Crippen LogP contribution in [-0.2, 0) is 0 Å². The van der Waals surface area contributed by atoms with Gasteiger partial charge >= 0.3 is 0 Å². The molecular formula is C11H19Br. The van der Waals surface area contributed by atoms with Crippen molar-refractivity contribution in [3.05, 3.63) is 12.7 Å². The Morgan fingerprint density at radius 3 is 2.58 bits per heavy atom. The van der Waals surface area contributed by atoms with E-state index in [4.69, 9.17) is 0 Å². The Labute approximate surface area is 84.6 Å². The molecule has 0 heterocycles. The number of hydrogen-bond donors (Lipinski definition) is 0. The van der Waals surface area contributed by atoms with Gasteiger partial charge in [0, 0.05) is 5.33 Å². The lowest BCUT2D eigenvalue weighted by Gasteiger charge is -2.16. The summed E-state index contributed by atoms with van der Waals surface area (Å²) in [6.45, 7) is 3.80. The maximum absolute atomic E-state index is 3.80. The Kier molecular flexibility index (Phi) is 4.98. The van der Waals surface area contributed by atoms with Gasteiger partial charge in [0.15, 0.2) is 0 Å². The zero-order valence-corrected chi connectivity index (χ0v) is 9.35. The molecule has 0 bridgehead atoms. The van der Waals surface area contributed by atoms with E-state index in [1.807, 2.05) is 0 Å². The van der Waals surface area contributed by atoms with Crippen LogP contribution in [0.1, 0.15) is 38.5 Å². The van der Waals surface area contributed by atoms with Crippen molar-refractivity contribution in [1.29, 1.82) is 0 Å². The summed E-state index contributed by atoms with van der Waals surface area (Å²) >= 11 is 3.58. The third-order valence-electron chi connectivity index (χ3n) is 2.86. The van der Waals surface area contributed by atoms with Gasteiger partial charge in [0.05, 0.1) is 0 Å². The van der Waals surface area contributed by atoms with Crippen LogP contribution in [0.4, 0.5) is 0 Å². The molecule has 0 N–H and O–H groups in total. The Morgan fingerprint density at radius 2 is 2.08 bits per heavy atom.